The number of aromatic amines is 1. The fourth-order valence-corrected chi connectivity index (χ4v) is 1.34. The number of anilines is 1. The molecule has 4 nitrogen and oxygen atoms in total. The van der Waals surface area contributed by atoms with E-state index in [0.29, 0.717) is 0 Å². The molecule has 3 N–H and O–H groups in total. The van der Waals surface area contributed by atoms with Crippen LogP contribution >= 0.6 is 0 Å². The Morgan fingerprint density at radius 1 is 1.38 bits per heavy atom. The topological polar surface area (TPSA) is 67.6 Å². The van der Waals surface area contributed by atoms with Crippen molar-refractivity contribution < 1.29 is 13.2 Å². The lowest BCUT2D eigenvalue weighted by atomic mass is 10.1. The Balaban J connectivity index is 2.64. The van der Waals surface area contributed by atoms with Crippen molar-refractivity contribution in [1.82, 2.24) is 15.0 Å². The normalized spacial score (nSPS) is 11.9. The smallest absolute Gasteiger partial charge is 0.382 e. The number of fused-ring (bicyclic) bond motifs is 1. The van der Waals surface area contributed by atoms with Gasteiger partial charge in [-0.25, -0.2) is 9.97 Å². The number of hydrogen-bond acceptors (Lipinski definition) is 3. The minimum absolute atomic E-state index is 0.103. The number of alkyl halides is 3. The highest BCUT2D eigenvalue weighted by atomic mass is 19.4. The molecular formula is C9H7F3N4. The van der Waals surface area contributed by atoms with Gasteiger partial charge in [-0.05, 0) is 0 Å². The van der Waals surface area contributed by atoms with Gasteiger partial charge in [0.2, 0.25) is 0 Å². The molecule has 0 atom stereocenters. The van der Waals surface area contributed by atoms with E-state index in [9.17, 15) is 13.2 Å². The number of aromatic nitrogens is 3. The maximum Gasteiger partial charge on any atom is 0.416 e. The molecule has 84 valence electrons. The van der Waals surface area contributed by atoms with Gasteiger partial charge >= 0.3 is 6.18 Å². The van der Waals surface area contributed by atoms with E-state index in [1.165, 1.54) is 6.20 Å². The van der Waals surface area contributed by atoms with Crippen LogP contribution in [0.25, 0.3) is 16.6 Å². The van der Waals surface area contributed by atoms with Crippen LogP contribution in [0.15, 0.2) is 19.1 Å². The SMILES string of the molecule is C=C(c1c[nH]c2c(N)ncnc12)C(F)(F)F. The van der Waals surface area contributed by atoms with E-state index < -0.39 is 11.7 Å². The predicted molar refractivity (Wildman–Crippen MR) is 53.4 cm³/mol. The van der Waals surface area contributed by atoms with Crippen molar-refractivity contribution in [2.24, 2.45) is 0 Å². The summed E-state index contributed by atoms with van der Waals surface area (Å²) in [6.07, 6.45) is -2.21. The zero-order chi connectivity index (χ0) is 11.9. The Bertz CT molecular complexity index is 555. The minimum Gasteiger partial charge on any atom is -0.382 e. The van der Waals surface area contributed by atoms with Crippen molar-refractivity contribution in [3.8, 4) is 0 Å². The molecule has 0 fully saturated rings. The fourth-order valence-electron chi connectivity index (χ4n) is 1.34. The van der Waals surface area contributed by atoms with Crippen molar-refractivity contribution in [2.45, 2.75) is 6.18 Å². The zero-order valence-electron chi connectivity index (χ0n) is 7.97. The Morgan fingerprint density at radius 2 is 2.06 bits per heavy atom. The number of nitrogens with two attached hydrogens (primary N) is 1. The average Bonchev–Trinajstić information content (AvgIpc) is 2.60. The monoisotopic (exact) mass is 228 g/mol. The van der Waals surface area contributed by atoms with E-state index in [1.54, 1.807) is 0 Å². The van der Waals surface area contributed by atoms with E-state index in [2.05, 4.69) is 21.5 Å². The summed E-state index contributed by atoms with van der Waals surface area (Å²) in [6.45, 7) is 3.00. The quantitative estimate of drug-likeness (QED) is 0.785. The first kappa shape index (κ1) is 10.5. The maximum absolute atomic E-state index is 12.5. The third kappa shape index (κ3) is 1.50. The van der Waals surface area contributed by atoms with Crippen LogP contribution in [0.3, 0.4) is 0 Å². The molecule has 7 heteroatoms. The second kappa shape index (κ2) is 3.22. The van der Waals surface area contributed by atoms with Crippen LogP contribution in [0.4, 0.5) is 19.0 Å². The summed E-state index contributed by atoms with van der Waals surface area (Å²) in [5, 5.41) is 0. The van der Waals surface area contributed by atoms with E-state index in [4.69, 9.17) is 5.73 Å². The molecular weight excluding hydrogens is 221 g/mol. The Labute approximate surface area is 88.0 Å². The van der Waals surface area contributed by atoms with Crippen LogP contribution in [0.5, 0.6) is 0 Å². The summed E-state index contributed by atoms with van der Waals surface area (Å²) in [5.41, 5.74) is 4.81. The van der Waals surface area contributed by atoms with Crippen LogP contribution in [0, 0.1) is 0 Å². The molecule has 0 aliphatic carbocycles. The third-order valence-corrected chi connectivity index (χ3v) is 2.16. The molecule has 2 rings (SSSR count). The number of hydrogen-bond donors (Lipinski definition) is 2. The second-order valence-electron chi connectivity index (χ2n) is 3.16. The molecule has 0 saturated carbocycles. The Kier molecular flexibility index (Phi) is 2.11. The molecule has 0 saturated heterocycles. The summed E-state index contributed by atoms with van der Waals surface area (Å²) in [6, 6.07) is 0. The Hall–Kier alpha value is -2.05. The molecule has 0 radical (unpaired) electrons. The largest absolute Gasteiger partial charge is 0.416 e. The van der Waals surface area contributed by atoms with Gasteiger partial charge in [0.05, 0.1) is 5.57 Å². The molecule has 2 aromatic heterocycles. The van der Waals surface area contributed by atoms with Gasteiger partial charge in [-0.15, -0.1) is 0 Å². The van der Waals surface area contributed by atoms with Gasteiger partial charge in [0.1, 0.15) is 17.4 Å². The van der Waals surface area contributed by atoms with E-state index in [1.807, 2.05) is 0 Å². The van der Waals surface area contributed by atoms with Crippen molar-refractivity contribution in [1.29, 1.82) is 0 Å². The van der Waals surface area contributed by atoms with Gasteiger partial charge in [0.15, 0.2) is 5.82 Å². The van der Waals surface area contributed by atoms with E-state index in [-0.39, 0.29) is 22.4 Å². The van der Waals surface area contributed by atoms with Gasteiger partial charge in [-0.3, -0.25) is 0 Å². The number of nitrogens with one attached hydrogen (secondary N) is 1. The second-order valence-corrected chi connectivity index (χ2v) is 3.16. The number of allylic oxidation sites excluding steroid dienone is 1. The molecule has 0 unspecified atom stereocenters. The zero-order valence-corrected chi connectivity index (χ0v) is 7.97. The molecule has 2 heterocycles. The van der Waals surface area contributed by atoms with Crippen molar-refractivity contribution in [3.63, 3.8) is 0 Å². The third-order valence-electron chi connectivity index (χ3n) is 2.16. The van der Waals surface area contributed by atoms with Gasteiger partial charge < -0.3 is 10.7 Å². The minimum atomic E-state index is -4.49. The van der Waals surface area contributed by atoms with Crippen molar-refractivity contribution in [3.05, 3.63) is 24.7 Å². The standard InChI is InChI=1S/C9H7F3N4/c1-4(9(10,11)12)5-2-14-7-6(5)15-3-16-8(7)13/h2-3,14H,1H2,(H2,13,15,16). The Morgan fingerprint density at radius 3 is 2.69 bits per heavy atom. The molecule has 0 spiro atoms. The molecule has 0 aliphatic heterocycles. The number of nitrogen functional groups attached to an aromatic ring is 1. The summed E-state index contributed by atoms with van der Waals surface area (Å²) in [4.78, 5) is 10.0. The van der Waals surface area contributed by atoms with Crippen LogP contribution in [0.1, 0.15) is 5.56 Å². The van der Waals surface area contributed by atoms with Gasteiger partial charge in [0, 0.05) is 11.8 Å². The van der Waals surface area contributed by atoms with Gasteiger partial charge in [0.25, 0.3) is 0 Å². The lowest BCUT2D eigenvalue weighted by molar-refractivity contribution is -0.0685. The van der Waals surface area contributed by atoms with Gasteiger partial charge in [-0.1, -0.05) is 6.58 Å². The number of H-pyrrole nitrogens is 1. The molecule has 0 aliphatic rings. The highest BCUT2D eigenvalue weighted by Crippen LogP contribution is 2.35. The number of nitrogens with zero attached hydrogens (tertiary/aromatic N) is 2. The van der Waals surface area contributed by atoms with Crippen LogP contribution in [-0.2, 0) is 0 Å². The summed E-state index contributed by atoms with van der Waals surface area (Å²) in [7, 11) is 0. The van der Waals surface area contributed by atoms with Gasteiger partial charge in [-0.2, -0.15) is 13.2 Å². The maximum atomic E-state index is 12.5. The van der Waals surface area contributed by atoms with Crippen LogP contribution in [-0.4, -0.2) is 21.1 Å². The van der Waals surface area contributed by atoms with E-state index in [0.717, 1.165) is 6.33 Å². The summed E-state index contributed by atoms with van der Waals surface area (Å²) < 4.78 is 37.4. The lowest BCUT2D eigenvalue weighted by Gasteiger charge is -2.07. The molecule has 0 amide bonds. The lowest BCUT2D eigenvalue weighted by Crippen LogP contribution is -2.09. The first-order valence-corrected chi connectivity index (χ1v) is 4.25. The summed E-state index contributed by atoms with van der Waals surface area (Å²) >= 11 is 0. The predicted octanol–water partition coefficient (Wildman–Crippen LogP) is 2.12. The highest BCUT2D eigenvalue weighted by Gasteiger charge is 2.34. The first-order valence-electron chi connectivity index (χ1n) is 4.25. The van der Waals surface area contributed by atoms with Crippen LogP contribution in [0.2, 0.25) is 0 Å². The number of rotatable bonds is 1. The molecule has 0 aromatic carbocycles. The molecule has 16 heavy (non-hydrogen) atoms. The van der Waals surface area contributed by atoms with Crippen molar-refractivity contribution in [2.75, 3.05) is 5.73 Å². The number of halogens is 3. The molecule has 0 bridgehead atoms. The highest BCUT2D eigenvalue weighted by molar-refractivity contribution is 5.94. The van der Waals surface area contributed by atoms with Crippen molar-refractivity contribution >= 4 is 22.4 Å². The first-order chi connectivity index (χ1) is 7.41. The van der Waals surface area contributed by atoms with Crippen LogP contribution < -0.4 is 5.73 Å². The summed E-state index contributed by atoms with van der Waals surface area (Å²) in [5.74, 6) is 0.103. The van der Waals surface area contributed by atoms with E-state index >= 15 is 0 Å². The average molecular weight is 228 g/mol. The fraction of sp³-hybridized carbons (Fsp3) is 0.111. The molecule has 2 aromatic rings.